The predicted molar refractivity (Wildman–Crippen MR) is 140 cm³/mol. The van der Waals surface area contributed by atoms with Crippen LogP contribution in [0.2, 0.25) is 5.02 Å². The van der Waals surface area contributed by atoms with Gasteiger partial charge in [-0.2, -0.15) is 0 Å². The normalized spacial score (nSPS) is 10.1. The van der Waals surface area contributed by atoms with Gasteiger partial charge in [-0.3, -0.25) is 4.79 Å². The van der Waals surface area contributed by atoms with Crippen molar-refractivity contribution in [2.45, 2.75) is 19.4 Å². The molecule has 0 atom stereocenters. The van der Waals surface area contributed by atoms with E-state index in [1.165, 1.54) is 6.07 Å². The third-order valence-electron chi connectivity index (χ3n) is 4.97. The number of rotatable bonds is 13. The van der Waals surface area contributed by atoms with Gasteiger partial charge < -0.3 is 23.7 Å². The minimum absolute atomic E-state index is 0.151. The van der Waals surface area contributed by atoms with Crippen molar-refractivity contribution >= 4 is 29.5 Å². The molecule has 0 saturated carbocycles. The van der Waals surface area contributed by atoms with Crippen LogP contribution >= 0.6 is 11.6 Å². The van der Waals surface area contributed by atoms with Crippen LogP contribution in [0.4, 0.5) is 0 Å². The molecule has 0 aliphatic heterocycles. The van der Waals surface area contributed by atoms with Crippen molar-refractivity contribution in [3.8, 4) is 23.0 Å². The molecule has 0 aliphatic carbocycles. The van der Waals surface area contributed by atoms with E-state index in [1.807, 2.05) is 0 Å². The van der Waals surface area contributed by atoms with Crippen LogP contribution in [-0.2, 0) is 32.1 Å². The largest absolute Gasteiger partial charge is 0.487 e. The van der Waals surface area contributed by atoms with Gasteiger partial charge in [0.05, 0.1) is 5.02 Å². The van der Waals surface area contributed by atoms with Crippen LogP contribution in [0.15, 0.2) is 92.0 Å². The number of esters is 3. The fraction of sp³-hybridized carbons (Fsp3) is 0.138. The van der Waals surface area contributed by atoms with Crippen molar-refractivity contribution in [1.29, 1.82) is 0 Å². The SMILES string of the molecule is C=CC(=O)OCOc1ccc(COc2ccc(OC(=O)CCc3ccc(OC(=O)C=C)cc3)cc2Cl)cc1. The van der Waals surface area contributed by atoms with E-state index in [0.29, 0.717) is 34.4 Å². The summed E-state index contributed by atoms with van der Waals surface area (Å²) in [6.45, 7) is 6.69. The molecule has 3 aromatic carbocycles. The summed E-state index contributed by atoms with van der Waals surface area (Å²) in [6, 6.07) is 18.6. The maximum atomic E-state index is 12.3. The van der Waals surface area contributed by atoms with Gasteiger partial charge in [-0.15, -0.1) is 0 Å². The summed E-state index contributed by atoms with van der Waals surface area (Å²) in [5, 5.41) is 0.295. The second kappa shape index (κ2) is 14.2. The van der Waals surface area contributed by atoms with Crippen LogP contribution in [0.25, 0.3) is 0 Å². The highest BCUT2D eigenvalue weighted by Gasteiger charge is 2.10. The number of carbonyl (C=O) groups is 3. The molecule has 8 nitrogen and oxygen atoms in total. The number of hydrogen-bond acceptors (Lipinski definition) is 8. The van der Waals surface area contributed by atoms with Gasteiger partial charge in [0, 0.05) is 24.6 Å². The summed E-state index contributed by atoms with van der Waals surface area (Å²) in [6.07, 6.45) is 2.74. The molecule has 0 fully saturated rings. The second-order valence-corrected chi connectivity index (χ2v) is 8.10. The number of ether oxygens (including phenoxy) is 5. The lowest BCUT2D eigenvalue weighted by atomic mass is 10.1. The van der Waals surface area contributed by atoms with E-state index in [1.54, 1.807) is 60.7 Å². The quantitative estimate of drug-likeness (QED) is 0.120. The molecule has 38 heavy (non-hydrogen) atoms. The van der Waals surface area contributed by atoms with E-state index in [4.69, 9.17) is 35.3 Å². The Kier molecular flexibility index (Phi) is 10.5. The third-order valence-corrected chi connectivity index (χ3v) is 5.27. The molecule has 3 rings (SSSR count). The molecule has 3 aromatic rings. The van der Waals surface area contributed by atoms with Crippen molar-refractivity contribution in [3.63, 3.8) is 0 Å². The van der Waals surface area contributed by atoms with E-state index in [-0.39, 0.29) is 19.8 Å². The lowest BCUT2D eigenvalue weighted by Crippen LogP contribution is -2.09. The molecule has 0 aromatic heterocycles. The lowest BCUT2D eigenvalue weighted by molar-refractivity contribution is -0.144. The van der Waals surface area contributed by atoms with Crippen molar-refractivity contribution < 1.29 is 38.1 Å². The summed E-state index contributed by atoms with van der Waals surface area (Å²) < 4.78 is 26.2. The fourth-order valence-corrected chi connectivity index (χ4v) is 3.26. The van der Waals surface area contributed by atoms with E-state index in [0.717, 1.165) is 23.3 Å². The molecule has 0 saturated heterocycles. The van der Waals surface area contributed by atoms with Crippen molar-refractivity contribution in [2.75, 3.05) is 6.79 Å². The van der Waals surface area contributed by atoms with Gasteiger partial charge in [0.2, 0.25) is 6.79 Å². The molecule has 0 unspecified atom stereocenters. The first-order valence-corrected chi connectivity index (χ1v) is 11.8. The Balaban J connectivity index is 1.43. The Morgan fingerprint density at radius 2 is 1.37 bits per heavy atom. The minimum Gasteiger partial charge on any atom is -0.487 e. The second-order valence-electron chi connectivity index (χ2n) is 7.70. The first-order valence-electron chi connectivity index (χ1n) is 11.4. The highest BCUT2D eigenvalue weighted by Crippen LogP contribution is 2.30. The first-order chi connectivity index (χ1) is 18.4. The minimum atomic E-state index is -0.565. The van der Waals surface area contributed by atoms with Gasteiger partial charge >= 0.3 is 17.9 Å². The Morgan fingerprint density at radius 1 is 0.737 bits per heavy atom. The van der Waals surface area contributed by atoms with Crippen LogP contribution in [-0.4, -0.2) is 24.7 Å². The number of carbonyl (C=O) groups excluding carboxylic acids is 3. The molecule has 9 heteroatoms. The monoisotopic (exact) mass is 536 g/mol. The Morgan fingerprint density at radius 3 is 2.03 bits per heavy atom. The Hall–Kier alpha value is -4.56. The molecule has 0 amide bonds. The van der Waals surface area contributed by atoms with E-state index >= 15 is 0 Å². The zero-order valence-corrected chi connectivity index (χ0v) is 21.1. The van der Waals surface area contributed by atoms with Gasteiger partial charge in [0.1, 0.15) is 29.6 Å². The zero-order chi connectivity index (χ0) is 27.3. The fourth-order valence-electron chi connectivity index (χ4n) is 3.03. The van der Waals surface area contributed by atoms with Gasteiger partial charge in [-0.1, -0.05) is 49.0 Å². The highest BCUT2D eigenvalue weighted by molar-refractivity contribution is 6.32. The summed E-state index contributed by atoms with van der Waals surface area (Å²) in [5.74, 6) is 0.137. The average Bonchev–Trinajstić information content (AvgIpc) is 2.92. The standard InChI is InChI=1S/C29H25ClO8/c1-3-27(31)36-19-35-22-10-7-21(8-11-22)18-34-26-15-14-24(17-25(26)30)38-29(33)16-9-20-5-12-23(13-6-20)37-28(32)4-2/h3-8,10-15,17H,1-2,9,16,18-19H2. The van der Waals surface area contributed by atoms with E-state index < -0.39 is 17.9 Å². The molecule has 0 spiro atoms. The lowest BCUT2D eigenvalue weighted by Gasteiger charge is -2.11. The van der Waals surface area contributed by atoms with Crippen LogP contribution in [0.3, 0.4) is 0 Å². The first kappa shape index (κ1) is 28.0. The van der Waals surface area contributed by atoms with E-state index in [9.17, 15) is 14.4 Å². The summed E-state index contributed by atoms with van der Waals surface area (Å²) in [4.78, 5) is 34.5. The molecular formula is C29H25ClO8. The Bertz CT molecular complexity index is 1280. The molecule has 0 aliphatic rings. The van der Waals surface area contributed by atoms with E-state index in [2.05, 4.69) is 13.2 Å². The van der Waals surface area contributed by atoms with Crippen LogP contribution in [0.1, 0.15) is 17.5 Å². The van der Waals surface area contributed by atoms with Crippen LogP contribution in [0.5, 0.6) is 23.0 Å². The van der Waals surface area contributed by atoms with Crippen molar-refractivity contribution in [1.82, 2.24) is 0 Å². The Labute approximate surface area is 225 Å². The van der Waals surface area contributed by atoms with Gasteiger partial charge in [0.25, 0.3) is 0 Å². The molecule has 0 N–H and O–H groups in total. The average molecular weight is 537 g/mol. The summed E-state index contributed by atoms with van der Waals surface area (Å²) in [5.41, 5.74) is 1.75. The van der Waals surface area contributed by atoms with Gasteiger partial charge in [-0.25, -0.2) is 9.59 Å². The van der Waals surface area contributed by atoms with Crippen LogP contribution < -0.4 is 18.9 Å². The number of benzene rings is 3. The van der Waals surface area contributed by atoms with Gasteiger partial charge in [0.15, 0.2) is 0 Å². The van der Waals surface area contributed by atoms with Crippen molar-refractivity contribution in [2.24, 2.45) is 0 Å². The number of aryl methyl sites for hydroxylation is 1. The summed E-state index contributed by atoms with van der Waals surface area (Å²) in [7, 11) is 0. The zero-order valence-electron chi connectivity index (χ0n) is 20.4. The van der Waals surface area contributed by atoms with Crippen LogP contribution in [0, 0.1) is 0 Å². The predicted octanol–water partition coefficient (Wildman–Crippen LogP) is 5.61. The topological polar surface area (TPSA) is 97.4 Å². The third kappa shape index (κ3) is 9.15. The molecule has 0 bridgehead atoms. The maximum Gasteiger partial charge on any atom is 0.335 e. The number of hydrogen-bond donors (Lipinski definition) is 0. The maximum absolute atomic E-state index is 12.3. The molecular weight excluding hydrogens is 512 g/mol. The molecule has 0 radical (unpaired) electrons. The van der Waals surface area contributed by atoms with Gasteiger partial charge in [-0.05, 0) is 53.9 Å². The summed E-state index contributed by atoms with van der Waals surface area (Å²) >= 11 is 6.31. The van der Waals surface area contributed by atoms with Crippen molar-refractivity contribution in [3.05, 3.63) is 108 Å². The highest BCUT2D eigenvalue weighted by atomic mass is 35.5. The molecule has 196 valence electrons. The number of halogens is 1. The smallest absolute Gasteiger partial charge is 0.335 e. The molecule has 0 heterocycles.